The van der Waals surface area contributed by atoms with Crippen LogP contribution >= 0.6 is 0 Å². The zero-order valence-electron chi connectivity index (χ0n) is 5.05. The average molecular weight is 135 g/mol. The van der Waals surface area contributed by atoms with Gasteiger partial charge in [0.05, 0.1) is 13.7 Å². The van der Waals surface area contributed by atoms with E-state index >= 15 is 0 Å². The fraction of sp³-hybridized carbons (Fsp3) is 0.800. The fourth-order valence-corrected chi connectivity index (χ4v) is 0.889. The summed E-state index contributed by atoms with van der Waals surface area (Å²) < 4.78 is 15.0. The van der Waals surface area contributed by atoms with Gasteiger partial charge in [-0.3, -0.25) is 0 Å². The summed E-state index contributed by atoms with van der Waals surface area (Å²) in [6.45, 7) is 2.39. The molecular formula is C5H11O2S. The maximum atomic E-state index is 10.6. The molecule has 0 aliphatic rings. The number of ether oxygens (including phenoxy) is 1. The van der Waals surface area contributed by atoms with Gasteiger partial charge in [-0.2, -0.15) is 0 Å². The average Bonchev–Trinajstić information content (AvgIpc) is 1.83. The second-order valence-electron chi connectivity index (χ2n) is 1.34. The maximum absolute atomic E-state index is 10.6. The van der Waals surface area contributed by atoms with Crippen LogP contribution in [-0.4, -0.2) is 22.7 Å². The lowest BCUT2D eigenvalue weighted by Crippen LogP contribution is -2.12. The molecule has 0 aromatic rings. The Balaban J connectivity index is 2.86. The summed E-state index contributed by atoms with van der Waals surface area (Å²) in [5.74, 6) is 1.32. The smallest absolute Gasteiger partial charge is 0.128 e. The highest BCUT2D eigenvalue weighted by atomic mass is 32.2. The van der Waals surface area contributed by atoms with Gasteiger partial charge in [-0.25, -0.2) is 0 Å². The quantitative estimate of drug-likeness (QED) is 0.528. The molecule has 0 rings (SSSR count). The van der Waals surface area contributed by atoms with Gasteiger partial charge in [-0.1, -0.05) is 11.2 Å². The van der Waals surface area contributed by atoms with E-state index in [0.717, 1.165) is 0 Å². The van der Waals surface area contributed by atoms with Crippen molar-refractivity contribution in [3.63, 3.8) is 0 Å². The van der Waals surface area contributed by atoms with Crippen molar-refractivity contribution in [2.75, 3.05) is 18.1 Å². The topological polar surface area (TPSA) is 32.3 Å². The molecule has 1 unspecified atom stereocenters. The number of hydrogen-bond donors (Lipinski definition) is 0. The summed E-state index contributed by atoms with van der Waals surface area (Å²) in [6.07, 6.45) is 0. The summed E-state index contributed by atoms with van der Waals surface area (Å²) >= 11 is -0.692. The van der Waals surface area contributed by atoms with Crippen molar-refractivity contribution in [2.45, 2.75) is 6.92 Å². The molecule has 0 N–H and O–H groups in total. The van der Waals surface area contributed by atoms with E-state index in [1.165, 1.54) is 0 Å². The third-order valence-corrected chi connectivity index (χ3v) is 2.04. The van der Waals surface area contributed by atoms with Crippen molar-refractivity contribution < 1.29 is 9.29 Å². The van der Waals surface area contributed by atoms with Gasteiger partial charge in [0, 0.05) is 0 Å². The van der Waals surface area contributed by atoms with Crippen LogP contribution in [0.1, 0.15) is 6.92 Å². The molecule has 0 aromatic heterocycles. The first-order valence-electron chi connectivity index (χ1n) is 2.53. The molecule has 8 heavy (non-hydrogen) atoms. The van der Waals surface area contributed by atoms with Gasteiger partial charge in [0.25, 0.3) is 0 Å². The highest BCUT2D eigenvalue weighted by Crippen LogP contribution is 1.87. The monoisotopic (exact) mass is 135 g/mol. The first kappa shape index (κ1) is 8.27. The molecule has 0 saturated carbocycles. The summed E-state index contributed by atoms with van der Waals surface area (Å²) in [5.41, 5.74) is 0. The molecule has 2 nitrogen and oxygen atoms in total. The van der Waals surface area contributed by atoms with Gasteiger partial charge in [-0.05, 0) is 6.92 Å². The third-order valence-electron chi connectivity index (χ3n) is 0.777. The van der Waals surface area contributed by atoms with Gasteiger partial charge in [0.2, 0.25) is 0 Å². The second kappa shape index (κ2) is 5.41. The Kier molecular flexibility index (Phi) is 5.59. The summed E-state index contributed by atoms with van der Waals surface area (Å²) in [5, 5.41) is 0. The van der Waals surface area contributed by atoms with Crippen molar-refractivity contribution in [1.82, 2.24) is 0 Å². The lowest BCUT2D eigenvalue weighted by molar-refractivity contribution is 0.263. The molecule has 3 heteroatoms. The van der Waals surface area contributed by atoms with Crippen LogP contribution in [0, 0.1) is 7.11 Å². The minimum absolute atomic E-state index is 0.500. The van der Waals surface area contributed by atoms with Crippen molar-refractivity contribution in [3.8, 4) is 0 Å². The van der Waals surface area contributed by atoms with Gasteiger partial charge >= 0.3 is 0 Å². The lowest BCUT2D eigenvalue weighted by Gasteiger charge is -2.05. The highest BCUT2D eigenvalue weighted by molar-refractivity contribution is 7.91. The van der Waals surface area contributed by atoms with Crippen molar-refractivity contribution in [3.05, 3.63) is 7.11 Å². The van der Waals surface area contributed by atoms with E-state index in [-0.39, 0.29) is 0 Å². The standard InChI is InChI=1S/C5H11O2S/c1-3-8(6)5-4-7-2/h2-5H2,1H3. The van der Waals surface area contributed by atoms with Crippen LogP contribution in [0.25, 0.3) is 0 Å². The Morgan fingerprint density at radius 3 is 2.75 bits per heavy atom. The number of rotatable bonds is 4. The molecule has 0 amide bonds. The van der Waals surface area contributed by atoms with Gasteiger partial charge in [0.15, 0.2) is 0 Å². The summed E-state index contributed by atoms with van der Waals surface area (Å²) in [4.78, 5) is 0. The van der Waals surface area contributed by atoms with Gasteiger partial charge in [0.1, 0.15) is 11.5 Å². The normalized spacial score (nSPS) is 13.9. The molecule has 0 aliphatic carbocycles. The summed E-state index contributed by atoms with van der Waals surface area (Å²) in [6, 6.07) is 0. The molecule has 1 atom stereocenters. The molecule has 0 saturated heterocycles. The Bertz CT molecular complexity index is 49.7. The van der Waals surface area contributed by atoms with Crippen LogP contribution in [-0.2, 0) is 15.9 Å². The van der Waals surface area contributed by atoms with Crippen LogP contribution in [0.3, 0.4) is 0 Å². The highest BCUT2D eigenvalue weighted by Gasteiger charge is 1.98. The van der Waals surface area contributed by atoms with Gasteiger partial charge in [-0.15, -0.1) is 0 Å². The van der Waals surface area contributed by atoms with E-state index in [9.17, 15) is 4.55 Å². The Morgan fingerprint density at radius 2 is 2.38 bits per heavy atom. The molecular weight excluding hydrogens is 124 g/mol. The summed E-state index contributed by atoms with van der Waals surface area (Å²) in [7, 11) is 3.16. The largest absolute Gasteiger partial charge is 0.616 e. The minimum Gasteiger partial charge on any atom is -0.616 e. The predicted molar refractivity (Wildman–Crippen MR) is 34.9 cm³/mol. The molecule has 49 valence electrons. The van der Waals surface area contributed by atoms with Crippen molar-refractivity contribution >= 4 is 11.2 Å². The van der Waals surface area contributed by atoms with E-state index in [0.29, 0.717) is 18.1 Å². The van der Waals surface area contributed by atoms with E-state index in [1.807, 2.05) is 6.92 Å². The number of hydrogen-bond acceptors (Lipinski definition) is 2. The fourth-order valence-electron chi connectivity index (χ4n) is 0.296. The lowest BCUT2D eigenvalue weighted by atomic mass is 10.9. The van der Waals surface area contributed by atoms with E-state index < -0.39 is 11.2 Å². The molecule has 0 spiro atoms. The molecule has 0 bridgehead atoms. The zero-order valence-corrected chi connectivity index (χ0v) is 5.87. The zero-order chi connectivity index (χ0) is 6.41. The van der Waals surface area contributed by atoms with E-state index in [2.05, 4.69) is 11.8 Å². The van der Waals surface area contributed by atoms with Crippen molar-refractivity contribution in [1.29, 1.82) is 0 Å². The Morgan fingerprint density at radius 1 is 1.75 bits per heavy atom. The molecule has 0 heterocycles. The molecule has 0 aromatic carbocycles. The van der Waals surface area contributed by atoms with Crippen LogP contribution in [0.2, 0.25) is 0 Å². The first-order chi connectivity index (χ1) is 3.81. The van der Waals surface area contributed by atoms with Crippen LogP contribution in [0.5, 0.6) is 0 Å². The van der Waals surface area contributed by atoms with E-state index in [1.54, 1.807) is 0 Å². The Labute approximate surface area is 53.4 Å². The van der Waals surface area contributed by atoms with Crippen molar-refractivity contribution in [2.24, 2.45) is 0 Å². The molecule has 1 radical (unpaired) electrons. The second-order valence-corrected chi connectivity index (χ2v) is 3.21. The maximum Gasteiger partial charge on any atom is 0.128 e. The SMILES string of the molecule is [CH2]OCC[S+]([O-])CC. The van der Waals surface area contributed by atoms with Gasteiger partial charge < -0.3 is 9.29 Å². The third kappa shape index (κ3) is 4.43. The molecule has 0 fully saturated rings. The minimum atomic E-state index is -0.692. The van der Waals surface area contributed by atoms with Crippen LogP contribution < -0.4 is 0 Å². The Hall–Kier alpha value is 0.270. The molecule has 0 aliphatic heterocycles. The predicted octanol–water partition coefficient (Wildman–Crippen LogP) is 0.563. The first-order valence-corrected chi connectivity index (χ1v) is 4.02. The van der Waals surface area contributed by atoms with Crippen LogP contribution in [0.4, 0.5) is 0 Å². The van der Waals surface area contributed by atoms with E-state index in [4.69, 9.17) is 0 Å². The van der Waals surface area contributed by atoms with Crippen LogP contribution in [0.15, 0.2) is 0 Å².